The molecule has 2 aliphatic carbocycles. The minimum Gasteiger partial charge on any atom is -0.383 e. The smallest absolute Gasteiger partial charge is 0.241 e. The molecule has 5 heteroatoms. The molecule has 1 amide bonds. The van der Waals surface area contributed by atoms with Gasteiger partial charge < -0.3 is 20.1 Å². The molecule has 0 aliphatic heterocycles. The molecule has 3 atom stereocenters. The van der Waals surface area contributed by atoms with Crippen molar-refractivity contribution in [3.63, 3.8) is 0 Å². The second-order valence-electron chi connectivity index (χ2n) is 5.79. The molecule has 5 nitrogen and oxygen atoms in total. The Labute approximate surface area is 115 Å². The van der Waals surface area contributed by atoms with Gasteiger partial charge in [0.1, 0.15) is 6.04 Å². The third-order valence-corrected chi connectivity index (χ3v) is 4.87. The Morgan fingerprint density at radius 3 is 2.68 bits per heavy atom. The molecule has 2 saturated carbocycles. The lowest BCUT2D eigenvalue weighted by atomic mass is 9.50. The van der Waals surface area contributed by atoms with Crippen molar-refractivity contribution in [3.8, 4) is 0 Å². The molecule has 2 N–H and O–H groups in total. The Hall–Kier alpha value is -0.650. The predicted octanol–water partition coefficient (Wildman–Crippen LogP) is 0.766. The van der Waals surface area contributed by atoms with Gasteiger partial charge in [-0.25, -0.2) is 0 Å². The lowest BCUT2D eigenvalue weighted by Crippen LogP contribution is -2.69. The summed E-state index contributed by atoms with van der Waals surface area (Å²) in [6.45, 7) is 3.06. The third kappa shape index (κ3) is 2.39. The van der Waals surface area contributed by atoms with Crippen LogP contribution < -0.4 is 5.73 Å². The van der Waals surface area contributed by atoms with Crippen LogP contribution in [0.15, 0.2) is 0 Å². The van der Waals surface area contributed by atoms with Crippen LogP contribution in [0.25, 0.3) is 0 Å². The monoisotopic (exact) mass is 270 g/mol. The van der Waals surface area contributed by atoms with Crippen LogP contribution in [0.1, 0.15) is 32.6 Å². The molecule has 0 aromatic rings. The van der Waals surface area contributed by atoms with Gasteiger partial charge in [-0.05, 0) is 26.2 Å². The predicted molar refractivity (Wildman–Crippen MR) is 72.7 cm³/mol. The van der Waals surface area contributed by atoms with Crippen molar-refractivity contribution < 1.29 is 14.3 Å². The van der Waals surface area contributed by atoms with Crippen LogP contribution in [0.3, 0.4) is 0 Å². The van der Waals surface area contributed by atoms with Crippen molar-refractivity contribution in [2.75, 3.05) is 27.4 Å². The average molecular weight is 270 g/mol. The Morgan fingerprint density at radius 1 is 1.53 bits per heavy atom. The minimum absolute atomic E-state index is 0.0203. The summed E-state index contributed by atoms with van der Waals surface area (Å²) >= 11 is 0. The lowest BCUT2D eigenvalue weighted by Gasteiger charge is -2.63. The summed E-state index contributed by atoms with van der Waals surface area (Å²) in [5, 5.41) is 0. The highest BCUT2D eigenvalue weighted by atomic mass is 16.5. The van der Waals surface area contributed by atoms with Crippen LogP contribution in [0.5, 0.6) is 0 Å². The summed E-state index contributed by atoms with van der Waals surface area (Å²) in [6.07, 6.45) is 4.84. The standard InChI is InChI=1S/C14H26N2O3/c1-4-19-12-8-11(14(12)6-5-7-14)16(2)13(17)10(15)9-18-3/h10-12H,4-9,15H2,1-3H3. The number of hydrogen-bond acceptors (Lipinski definition) is 4. The van der Waals surface area contributed by atoms with E-state index in [2.05, 4.69) is 0 Å². The highest BCUT2D eigenvalue weighted by molar-refractivity contribution is 5.82. The largest absolute Gasteiger partial charge is 0.383 e. The molecule has 2 rings (SSSR count). The average Bonchev–Trinajstić information content (AvgIpc) is 2.30. The maximum atomic E-state index is 12.2. The van der Waals surface area contributed by atoms with Crippen LogP contribution in [0.4, 0.5) is 0 Å². The normalized spacial score (nSPS) is 29.5. The van der Waals surface area contributed by atoms with E-state index in [0.29, 0.717) is 6.10 Å². The number of rotatable bonds is 6. The fourth-order valence-corrected chi connectivity index (χ4v) is 3.61. The number of carbonyl (C=O) groups excluding carboxylic acids is 1. The summed E-state index contributed by atoms with van der Waals surface area (Å²) in [5.41, 5.74) is 6.04. The van der Waals surface area contributed by atoms with E-state index in [1.807, 2.05) is 18.9 Å². The molecule has 0 aromatic carbocycles. The molecular formula is C14H26N2O3. The highest BCUT2D eigenvalue weighted by Gasteiger charge is 2.61. The number of amides is 1. The van der Waals surface area contributed by atoms with Crippen LogP contribution in [-0.4, -0.2) is 56.4 Å². The Kier molecular flexibility index (Phi) is 4.48. The van der Waals surface area contributed by atoms with Crippen molar-refractivity contribution >= 4 is 5.91 Å². The first-order chi connectivity index (χ1) is 9.06. The molecule has 110 valence electrons. The highest BCUT2D eigenvalue weighted by Crippen LogP contribution is 2.58. The van der Waals surface area contributed by atoms with Gasteiger partial charge in [0, 0.05) is 32.2 Å². The molecule has 2 fully saturated rings. The SMILES string of the molecule is CCOC1CC(N(C)C(=O)C(N)COC)C12CCC2. The van der Waals surface area contributed by atoms with Crippen molar-refractivity contribution in [1.29, 1.82) is 0 Å². The van der Waals surface area contributed by atoms with Crippen molar-refractivity contribution in [3.05, 3.63) is 0 Å². The Bertz CT molecular complexity index is 331. The zero-order valence-corrected chi connectivity index (χ0v) is 12.2. The summed E-state index contributed by atoms with van der Waals surface area (Å²) in [6, 6.07) is -0.272. The number of ether oxygens (including phenoxy) is 2. The van der Waals surface area contributed by atoms with Gasteiger partial charge >= 0.3 is 0 Å². The first-order valence-corrected chi connectivity index (χ1v) is 7.19. The zero-order chi connectivity index (χ0) is 14.0. The molecule has 19 heavy (non-hydrogen) atoms. The molecular weight excluding hydrogens is 244 g/mol. The molecule has 3 unspecified atom stereocenters. The molecule has 2 aliphatic rings. The van der Waals surface area contributed by atoms with Gasteiger partial charge in [0.2, 0.25) is 5.91 Å². The van der Waals surface area contributed by atoms with Gasteiger partial charge in [0.25, 0.3) is 0 Å². The second-order valence-corrected chi connectivity index (χ2v) is 5.79. The molecule has 1 spiro atoms. The maximum absolute atomic E-state index is 12.2. The lowest BCUT2D eigenvalue weighted by molar-refractivity contribution is -0.203. The van der Waals surface area contributed by atoms with Crippen molar-refractivity contribution in [2.24, 2.45) is 11.1 Å². The van der Waals surface area contributed by atoms with E-state index >= 15 is 0 Å². The van der Waals surface area contributed by atoms with Crippen LogP contribution in [-0.2, 0) is 14.3 Å². The molecule has 0 bridgehead atoms. The fraction of sp³-hybridized carbons (Fsp3) is 0.929. The quantitative estimate of drug-likeness (QED) is 0.774. The van der Waals surface area contributed by atoms with E-state index in [1.165, 1.54) is 19.3 Å². The van der Waals surface area contributed by atoms with Gasteiger partial charge in [-0.2, -0.15) is 0 Å². The Balaban J connectivity index is 1.97. The summed E-state index contributed by atoms with van der Waals surface area (Å²) < 4.78 is 10.8. The number of likely N-dealkylation sites (N-methyl/N-ethyl adjacent to an activating group) is 1. The number of nitrogens with zero attached hydrogens (tertiary/aromatic N) is 1. The van der Waals surface area contributed by atoms with Crippen molar-refractivity contribution in [2.45, 2.75) is 50.8 Å². The zero-order valence-electron chi connectivity index (χ0n) is 12.2. The second kappa shape index (κ2) is 5.77. The minimum atomic E-state index is -0.557. The van der Waals surface area contributed by atoms with E-state index in [-0.39, 0.29) is 24.0 Å². The van der Waals surface area contributed by atoms with Crippen LogP contribution >= 0.6 is 0 Å². The summed E-state index contributed by atoms with van der Waals surface area (Å²) in [7, 11) is 3.43. The van der Waals surface area contributed by atoms with Gasteiger partial charge in [-0.15, -0.1) is 0 Å². The maximum Gasteiger partial charge on any atom is 0.241 e. The third-order valence-electron chi connectivity index (χ3n) is 4.87. The number of nitrogens with two attached hydrogens (primary N) is 1. The van der Waals surface area contributed by atoms with E-state index < -0.39 is 6.04 Å². The van der Waals surface area contributed by atoms with Crippen molar-refractivity contribution in [1.82, 2.24) is 4.90 Å². The first-order valence-electron chi connectivity index (χ1n) is 7.19. The van der Waals surface area contributed by atoms with Gasteiger partial charge in [-0.3, -0.25) is 4.79 Å². The van der Waals surface area contributed by atoms with Gasteiger partial charge in [0.05, 0.1) is 12.7 Å². The van der Waals surface area contributed by atoms with E-state index in [4.69, 9.17) is 15.2 Å². The number of carbonyl (C=O) groups is 1. The van der Waals surface area contributed by atoms with E-state index in [0.717, 1.165) is 13.0 Å². The Morgan fingerprint density at radius 2 is 2.21 bits per heavy atom. The van der Waals surface area contributed by atoms with Crippen LogP contribution in [0.2, 0.25) is 0 Å². The molecule has 0 saturated heterocycles. The van der Waals surface area contributed by atoms with E-state index in [1.54, 1.807) is 7.11 Å². The summed E-state index contributed by atoms with van der Waals surface area (Å²) in [4.78, 5) is 14.1. The topological polar surface area (TPSA) is 64.8 Å². The van der Waals surface area contributed by atoms with Gasteiger partial charge in [-0.1, -0.05) is 6.42 Å². The molecule has 0 aromatic heterocycles. The number of hydrogen-bond donors (Lipinski definition) is 1. The van der Waals surface area contributed by atoms with Crippen LogP contribution in [0, 0.1) is 5.41 Å². The molecule has 0 radical (unpaired) electrons. The summed E-state index contributed by atoms with van der Waals surface area (Å²) in [5.74, 6) is -0.0203. The molecule has 0 heterocycles. The van der Waals surface area contributed by atoms with E-state index in [9.17, 15) is 4.79 Å². The van der Waals surface area contributed by atoms with Gasteiger partial charge in [0.15, 0.2) is 0 Å². The first kappa shape index (κ1) is 14.8. The number of methoxy groups -OCH3 is 1. The fourth-order valence-electron chi connectivity index (χ4n) is 3.61.